The lowest BCUT2D eigenvalue weighted by molar-refractivity contribution is 0.102. The average molecular weight is 497 g/mol. The molecule has 4 rings (SSSR count). The molecule has 192 valence electrons. The Bertz CT molecular complexity index is 1210. The van der Waals surface area contributed by atoms with E-state index < -0.39 is 0 Å². The van der Waals surface area contributed by atoms with Gasteiger partial charge in [-0.15, -0.1) is 0 Å². The number of hydrogen-bond donors (Lipinski definition) is 4. The van der Waals surface area contributed by atoms with Gasteiger partial charge in [0.25, 0.3) is 5.91 Å². The van der Waals surface area contributed by atoms with Crippen molar-refractivity contribution in [2.45, 2.75) is 39.3 Å². The van der Waals surface area contributed by atoms with Gasteiger partial charge in [0, 0.05) is 18.3 Å². The highest BCUT2D eigenvalue weighted by Gasteiger charge is 2.08. The molecule has 0 bridgehead atoms. The summed E-state index contributed by atoms with van der Waals surface area (Å²) in [5.74, 6) is 0.126. The molecule has 5 N–H and O–H groups in total. The van der Waals surface area contributed by atoms with E-state index in [4.69, 9.17) is 10.8 Å². The van der Waals surface area contributed by atoms with E-state index >= 15 is 0 Å². The lowest BCUT2D eigenvalue weighted by Gasteiger charge is -2.08. The van der Waals surface area contributed by atoms with E-state index in [0.717, 1.165) is 18.7 Å². The van der Waals surface area contributed by atoms with Gasteiger partial charge in [0.2, 0.25) is 0 Å². The molecule has 4 aromatic rings. The number of pyridine rings is 1. The van der Waals surface area contributed by atoms with Crippen LogP contribution in [0.5, 0.6) is 0 Å². The molecule has 0 fully saturated rings. The van der Waals surface area contributed by atoms with E-state index in [1.54, 1.807) is 18.3 Å². The minimum absolute atomic E-state index is 0.106. The zero-order chi connectivity index (χ0) is 26.3. The molecule has 37 heavy (non-hydrogen) atoms. The third kappa shape index (κ3) is 9.18. The fourth-order valence-electron chi connectivity index (χ4n) is 3.66. The van der Waals surface area contributed by atoms with Crippen molar-refractivity contribution < 1.29 is 9.90 Å². The molecular weight excluding hydrogens is 460 g/mol. The highest BCUT2D eigenvalue weighted by Crippen LogP contribution is 2.19. The Balaban J connectivity index is 0.000000231. The van der Waals surface area contributed by atoms with Crippen molar-refractivity contribution in [3.63, 3.8) is 0 Å². The van der Waals surface area contributed by atoms with Crippen molar-refractivity contribution in [3.05, 3.63) is 114 Å². The fourth-order valence-corrected chi connectivity index (χ4v) is 3.66. The van der Waals surface area contributed by atoms with Crippen LogP contribution in [0.4, 0.5) is 11.5 Å². The summed E-state index contributed by atoms with van der Waals surface area (Å²) in [5.41, 5.74) is 11.4. The average Bonchev–Trinajstić information content (AvgIpc) is 2.95. The predicted molar refractivity (Wildman–Crippen MR) is 152 cm³/mol. The monoisotopic (exact) mass is 496 g/mol. The Morgan fingerprint density at radius 1 is 0.838 bits per heavy atom. The number of carbonyl (C=O) groups excluding carboxylic acids is 1. The molecule has 0 aliphatic heterocycles. The second kappa shape index (κ2) is 15.2. The topological polar surface area (TPSA) is 100 Å². The number of unbranched alkanes of at least 4 members (excludes halogenated alkanes) is 2. The van der Waals surface area contributed by atoms with Crippen LogP contribution in [-0.2, 0) is 13.2 Å². The lowest BCUT2D eigenvalue weighted by Crippen LogP contribution is -2.15. The fraction of sp³-hybridized carbons (Fsp3) is 0.226. The van der Waals surface area contributed by atoms with E-state index in [0.29, 0.717) is 17.1 Å². The lowest BCUT2D eigenvalue weighted by atomic mass is 10.0. The quantitative estimate of drug-likeness (QED) is 0.201. The van der Waals surface area contributed by atoms with Crippen LogP contribution >= 0.6 is 0 Å². The second-order valence-electron chi connectivity index (χ2n) is 8.69. The smallest absolute Gasteiger partial charge is 0.255 e. The molecule has 0 aliphatic carbocycles. The van der Waals surface area contributed by atoms with Gasteiger partial charge in [-0.2, -0.15) is 0 Å². The number of nitrogens with one attached hydrogen (secondary N) is 2. The highest BCUT2D eigenvalue weighted by atomic mass is 16.3. The normalized spacial score (nSPS) is 10.3. The van der Waals surface area contributed by atoms with Crippen molar-refractivity contribution in [3.8, 4) is 11.1 Å². The first-order valence-corrected chi connectivity index (χ1v) is 12.7. The molecule has 0 unspecified atom stereocenters. The summed E-state index contributed by atoms with van der Waals surface area (Å²) in [5, 5.41) is 15.1. The van der Waals surface area contributed by atoms with Crippen LogP contribution < -0.4 is 16.4 Å². The van der Waals surface area contributed by atoms with Crippen molar-refractivity contribution in [2.24, 2.45) is 0 Å². The van der Waals surface area contributed by atoms with Crippen molar-refractivity contribution in [1.82, 2.24) is 10.3 Å². The SMILES string of the molecule is CCCCCNCc1ccc(C(=O)Nc2cccnc2N)cc1.OCc1ccc(-c2ccccc2)cc1. The number of nitrogens with two attached hydrogens (primary N) is 1. The van der Waals surface area contributed by atoms with Crippen molar-refractivity contribution in [1.29, 1.82) is 0 Å². The maximum absolute atomic E-state index is 12.2. The summed E-state index contributed by atoms with van der Waals surface area (Å²) in [4.78, 5) is 16.1. The van der Waals surface area contributed by atoms with Crippen LogP contribution in [0.15, 0.2) is 97.2 Å². The van der Waals surface area contributed by atoms with E-state index in [1.807, 2.05) is 66.7 Å². The molecule has 1 amide bonds. The molecule has 0 radical (unpaired) electrons. The van der Waals surface area contributed by atoms with Gasteiger partial charge in [0.05, 0.1) is 12.3 Å². The van der Waals surface area contributed by atoms with Crippen LogP contribution in [0.3, 0.4) is 0 Å². The molecule has 0 atom stereocenters. The summed E-state index contributed by atoms with van der Waals surface area (Å²) >= 11 is 0. The minimum Gasteiger partial charge on any atom is -0.392 e. The van der Waals surface area contributed by atoms with Gasteiger partial charge >= 0.3 is 0 Å². The van der Waals surface area contributed by atoms with Crippen LogP contribution in [0.25, 0.3) is 11.1 Å². The van der Waals surface area contributed by atoms with Gasteiger partial charge < -0.3 is 21.5 Å². The number of aliphatic hydroxyl groups is 1. The first kappa shape index (κ1) is 27.6. The Hall–Kier alpha value is -4.00. The molecule has 6 nitrogen and oxygen atoms in total. The van der Waals surface area contributed by atoms with E-state index in [1.165, 1.54) is 36.0 Å². The van der Waals surface area contributed by atoms with E-state index in [-0.39, 0.29) is 12.5 Å². The Morgan fingerprint density at radius 3 is 2.16 bits per heavy atom. The van der Waals surface area contributed by atoms with Gasteiger partial charge in [-0.05, 0) is 59.5 Å². The Morgan fingerprint density at radius 2 is 1.51 bits per heavy atom. The maximum atomic E-state index is 12.2. The number of amides is 1. The number of aliphatic hydroxyl groups excluding tert-OH is 1. The first-order valence-electron chi connectivity index (χ1n) is 12.7. The number of carbonyl (C=O) groups is 1. The second-order valence-corrected chi connectivity index (χ2v) is 8.69. The molecule has 0 spiro atoms. The molecular formula is C31H36N4O2. The Labute approximate surface area is 219 Å². The molecule has 0 aliphatic rings. The Kier molecular flexibility index (Phi) is 11.3. The molecule has 1 aromatic heterocycles. The third-order valence-electron chi connectivity index (χ3n) is 5.83. The van der Waals surface area contributed by atoms with Crippen LogP contribution in [0.2, 0.25) is 0 Å². The van der Waals surface area contributed by atoms with Crippen molar-refractivity contribution in [2.75, 3.05) is 17.6 Å². The first-order chi connectivity index (χ1) is 18.1. The number of rotatable bonds is 10. The number of aromatic nitrogens is 1. The van der Waals surface area contributed by atoms with E-state index in [2.05, 4.69) is 34.7 Å². The minimum atomic E-state index is -0.188. The number of nitrogen functional groups attached to an aromatic ring is 1. The predicted octanol–water partition coefficient (Wildman–Crippen LogP) is 6.04. The summed E-state index contributed by atoms with van der Waals surface area (Å²) in [6.45, 7) is 4.15. The van der Waals surface area contributed by atoms with Crippen molar-refractivity contribution >= 4 is 17.4 Å². The number of hydrogen-bond acceptors (Lipinski definition) is 5. The van der Waals surface area contributed by atoms with Crippen LogP contribution in [0.1, 0.15) is 47.7 Å². The zero-order valence-electron chi connectivity index (χ0n) is 21.4. The molecule has 3 aromatic carbocycles. The third-order valence-corrected chi connectivity index (χ3v) is 5.83. The number of nitrogens with zero attached hydrogens (tertiary/aromatic N) is 1. The molecule has 1 heterocycles. The van der Waals surface area contributed by atoms with Crippen LogP contribution in [-0.4, -0.2) is 22.5 Å². The van der Waals surface area contributed by atoms with Gasteiger partial charge in [0.1, 0.15) is 5.82 Å². The zero-order valence-corrected chi connectivity index (χ0v) is 21.4. The summed E-state index contributed by atoms with van der Waals surface area (Å²) < 4.78 is 0. The van der Waals surface area contributed by atoms with Crippen LogP contribution in [0, 0.1) is 0 Å². The maximum Gasteiger partial charge on any atom is 0.255 e. The number of anilines is 2. The summed E-state index contributed by atoms with van der Waals surface area (Å²) in [7, 11) is 0. The highest BCUT2D eigenvalue weighted by molar-refractivity contribution is 6.05. The standard InChI is InChI=1S/C18H24N4O.C13H12O/c1-2-3-4-11-20-13-14-7-9-15(10-8-14)18(23)22-16-6-5-12-21-17(16)19;14-10-11-6-8-13(9-7-11)12-4-2-1-3-5-12/h5-10,12,20H,2-4,11,13H2,1H3,(H2,19,21)(H,22,23);1-9,14H,10H2. The molecule has 0 saturated carbocycles. The summed E-state index contributed by atoms with van der Waals surface area (Å²) in [6.07, 6.45) is 5.27. The number of benzene rings is 3. The molecule has 0 saturated heterocycles. The van der Waals surface area contributed by atoms with Gasteiger partial charge in [-0.25, -0.2) is 4.98 Å². The molecule has 6 heteroatoms. The van der Waals surface area contributed by atoms with E-state index in [9.17, 15) is 4.79 Å². The van der Waals surface area contributed by atoms with Gasteiger partial charge in [-0.3, -0.25) is 4.79 Å². The largest absolute Gasteiger partial charge is 0.392 e. The van der Waals surface area contributed by atoms with Gasteiger partial charge in [0.15, 0.2) is 0 Å². The summed E-state index contributed by atoms with van der Waals surface area (Å²) in [6, 6.07) is 29.2. The van der Waals surface area contributed by atoms with Gasteiger partial charge in [-0.1, -0.05) is 86.5 Å².